The maximum Gasteiger partial charge on any atom is 0.261 e. The normalized spacial score (nSPS) is 13.2. The molecule has 0 bridgehead atoms. The van der Waals surface area contributed by atoms with E-state index in [2.05, 4.69) is 15.5 Å². The summed E-state index contributed by atoms with van der Waals surface area (Å²) in [7, 11) is 0. The van der Waals surface area contributed by atoms with Crippen LogP contribution in [0.1, 0.15) is 38.1 Å². The van der Waals surface area contributed by atoms with Gasteiger partial charge in [0, 0.05) is 6.42 Å². The summed E-state index contributed by atoms with van der Waals surface area (Å²) >= 11 is 0. The highest BCUT2D eigenvalue weighted by molar-refractivity contribution is 4.89. The quantitative estimate of drug-likeness (QED) is 0.690. The lowest BCUT2D eigenvalue weighted by molar-refractivity contribution is 0.0173. The molecule has 0 aliphatic rings. The average molecular weight is 263 g/mol. The van der Waals surface area contributed by atoms with Crippen molar-refractivity contribution in [3.05, 3.63) is 11.8 Å². The Balaban J connectivity index is 2.37. The highest BCUT2D eigenvalue weighted by atomic mass is 19.3. The van der Waals surface area contributed by atoms with Gasteiger partial charge in [0.1, 0.15) is 6.61 Å². The molecule has 1 N–H and O–H groups in total. The van der Waals surface area contributed by atoms with Crippen molar-refractivity contribution in [3.63, 3.8) is 0 Å². The predicted molar refractivity (Wildman–Crippen MR) is 61.5 cm³/mol. The van der Waals surface area contributed by atoms with Crippen molar-refractivity contribution in [2.75, 3.05) is 19.8 Å². The topological polar surface area (TPSA) is 60.2 Å². The van der Waals surface area contributed by atoms with Gasteiger partial charge in [0.25, 0.3) is 6.43 Å². The van der Waals surface area contributed by atoms with Crippen LogP contribution in [0.3, 0.4) is 0 Å². The zero-order chi connectivity index (χ0) is 13.4. The van der Waals surface area contributed by atoms with Gasteiger partial charge >= 0.3 is 0 Å². The van der Waals surface area contributed by atoms with E-state index in [1.54, 1.807) is 0 Å². The molecule has 1 aromatic heterocycles. The van der Waals surface area contributed by atoms with Crippen molar-refractivity contribution in [2.45, 2.75) is 39.2 Å². The monoisotopic (exact) mass is 263 g/mol. The van der Waals surface area contributed by atoms with E-state index in [-0.39, 0.29) is 12.6 Å². The Morgan fingerprint density at radius 2 is 2.11 bits per heavy atom. The van der Waals surface area contributed by atoms with Gasteiger partial charge in [-0.15, -0.1) is 10.2 Å². The highest BCUT2D eigenvalue weighted by Gasteiger charge is 2.15. The third-order valence-electron chi connectivity index (χ3n) is 2.34. The molecule has 104 valence electrons. The van der Waals surface area contributed by atoms with E-state index in [1.165, 1.54) is 0 Å². The van der Waals surface area contributed by atoms with Crippen LogP contribution < -0.4 is 5.32 Å². The lowest BCUT2D eigenvalue weighted by atomic mass is 10.2. The predicted octanol–water partition coefficient (Wildman–Crippen LogP) is 1.95. The van der Waals surface area contributed by atoms with E-state index in [4.69, 9.17) is 9.15 Å². The van der Waals surface area contributed by atoms with E-state index in [0.717, 1.165) is 13.0 Å². The molecule has 0 aliphatic heterocycles. The first-order valence-electron chi connectivity index (χ1n) is 6.08. The molecule has 1 rings (SSSR count). The summed E-state index contributed by atoms with van der Waals surface area (Å²) in [5, 5.41) is 11.0. The van der Waals surface area contributed by atoms with Crippen molar-refractivity contribution < 1.29 is 17.9 Å². The number of nitrogens with one attached hydrogen (secondary N) is 1. The molecule has 1 heterocycles. The summed E-state index contributed by atoms with van der Waals surface area (Å²) in [6, 6.07) is 0.0400. The number of nitrogens with zero attached hydrogens (tertiary/aromatic N) is 2. The first-order valence-corrected chi connectivity index (χ1v) is 6.08. The van der Waals surface area contributed by atoms with Crippen LogP contribution in [-0.2, 0) is 11.2 Å². The van der Waals surface area contributed by atoms with Crippen LogP contribution in [0, 0.1) is 0 Å². The summed E-state index contributed by atoms with van der Waals surface area (Å²) in [5.41, 5.74) is 0. The van der Waals surface area contributed by atoms with Crippen LogP contribution in [0.25, 0.3) is 0 Å². The lowest BCUT2D eigenvalue weighted by Gasteiger charge is -2.10. The van der Waals surface area contributed by atoms with Crippen LogP contribution in [0.5, 0.6) is 0 Å². The van der Waals surface area contributed by atoms with Crippen molar-refractivity contribution >= 4 is 0 Å². The van der Waals surface area contributed by atoms with Gasteiger partial charge in [0.05, 0.1) is 12.6 Å². The molecule has 0 aromatic carbocycles. The number of hydrogen-bond acceptors (Lipinski definition) is 5. The fourth-order valence-corrected chi connectivity index (χ4v) is 1.49. The second kappa shape index (κ2) is 8.10. The van der Waals surface area contributed by atoms with Crippen molar-refractivity contribution in [1.29, 1.82) is 0 Å². The average Bonchev–Trinajstić information content (AvgIpc) is 2.80. The molecule has 5 nitrogen and oxygen atoms in total. The second-order valence-corrected chi connectivity index (χ2v) is 3.77. The minimum Gasteiger partial charge on any atom is -0.423 e. The fourth-order valence-electron chi connectivity index (χ4n) is 1.49. The smallest absolute Gasteiger partial charge is 0.261 e. The Morgan fingerprint density at radius 3 is 2.72 bits per heavy atom. The molecule has 1 atom stereocenters. The van der Waals surface area contributed by atoms with Gasteiger partial charge in [-0.05, 0) is 13.0 Å². The summed E-state index contributed by atoms with van der Waals surface area (Å²) in [6.07, 6.45) is -1.25. The van der Waals surface area contributed by atoms with Gasteiger partial charge in [-0.1, -0.05) is 13.8 Å². The highest BCUT2D eigenvalue weighted by Crippen LogP contribution is 2.14. The van der Waals surface area contributed by atoms with Gasteiger partial charge in [-0.25, -0.2) is 8.78 Å². The van der Waals surface area contributed by atoms with E-state index < -0.39 is 13.0 Å². The van der Waals surface area contributed by atoms with E-state index >= 15 is 0 Å². The summed E-state index contributed by atoms with van der Waals surface area (Å²) in [4.78, 5) is 0. The fraction of sp³-hybridized carbons (Fsp3) is 0.818. The van der Waals surface area contributed by atoms with Crippen LogP contribution in [-0.4, -0.2) is 36.4 Å². The molecule has 7 heteroatoms. The molecule has 0 saturated heterocycles. The number of hydrogen-bond donors (Lipinski definition) is 1. The maximum absolute atomic E-state index is 11.8. The summed E-state index contributed by atoms with van der Waals surface area (Å²) in [6.45, 7) is 4.43. The minimum atomic E-state index is -2.44. The Hall–Kier alpha value is -1.08. The second-order valence-electron chi connectivity index (χ2n) is 3.77. The molecule has 18 heavy (non-hydrogen) atoms. The molecule has 1 unspecified atom stereocenters. The van der Waals surface area contributed by atoms with Gasteiger partial charge in [-0.2, -0.15) is 0 Å². The Bertz CT molecular complexity index is 334. The molecular weight excluding hydrogens is 244 g/mol. The summed E-state index contributed by atoms with van der Waals surface area (Å²) in [5.74, 6) is 0.943. The van der Waals surface area contributed by atoms with Gasteiger partial charge in [0.15, 0.2) is 0 Å². The van der Waals surface area contributed by atoms with Crippen molar-refractivity contribution in [3.8, 4) is 0 Å². The molecular formula is C11H19F2N3O2. The lowest BCUT2D eigenvalue weighted by Crippen LogP contribution is -2.20. The minimum absolute atomic E-state index is 0.0400. The molecule has 0 fully saturated rings. The summed E-state index contributed by atoms with van der Waals surface area (Å²) < 4.78 is 33.8. The van der Waals surface area contributed by atoms with Gasteiger partial charge in [0.2, 0.25) is 11.8 Å². The van der Waals surface area contributed by atoms with E-state index in [0.29, 0.717) is 18.2 Å². The van der Waals surface area contributed by atoms with Crippen molar-refractivity contribution in [2.24, 2.45) is 0 Å². The SMILES string of the molecule is CCNC(CC)c1nnc(CCOCC(F)F)o1. The molecule has 0 amide bonds. The first-order chi connectivity index (χ1) is 8.67. The first kappa shape index (κ1) is 15.0. The van der Waals surface area contributed by atoms with Crippen LogP contribution >= 0.6 is 0 Å². The number of ether oxygens (including phenoxy) is 1. The molecule has 0 aliphatic carbocycles. The number of halogens is 2. The molecule has 0 radical (unpaired) electrons. The van der Waals surface area contributed by atoms with Crippen molar-refractivity contribution in [1.82, 2.24) is 15.5 Å². The Kier molecular flexibility index (Phi) is 6.74. The number of aromatic nitrogens is 2. The number of rotatable bonds is 9. The maximum atomic E-state index is 11.8. The Morgan fingerprint density at radius 1 is 1.33 bits per heavy atom. The molecule has 1 aromatic rings. The standard InChI is InChI=1S/C11H19F2N3O2/c1-3-8(14-4-2)11-16-15-10(18-11)5-6-17-7-9(12)13/h8-9,14H,3-7H2,1-2H3. The third-order valence-corrected chi connectivity index (χ3v) is 2.34. The third kappa shape index (κ3) is 5.05. The Labute approximate surface area is 105 Å². The largest absolute Gasteiger partial charge is 0.423 e. The number of alkyl halides is 2. The zero-order valence-electron chi connectivity index (χ0n) is 10.7. The van der Waals surface area contributed by atoms with Crippen LogP contribution in [0.15, 0.2) is 4.42 Å². The van der Waals surface area contributed by atoms with E-state index in [9.17, 15) is 8.78 Å². The van der Waals surface area contributed by atoms with Gasteiger partial charge < -0.3 is 14.5 Å². The molecule has 0 saturated carbocycles. The van der Waals surface area contributed by atoms with E-state index in [1.807, 2.05) is 13.8 Å². The van der Waals surface area contributed by atoms with Crippen LogP contribution in [0.4, 0.5) is 8.78 Å². The van der Waals surface area contributed by atoms with Gasteiger partial charge in [-0.3, -0.25) is 0 Å². The zero-order valence-corrected chi connectivity index (χ0v) is 10.7. The molecule has 0 spiro atoms. The van der Waals surface area contributed by atoms with Crippen LogP contribution in [0.2, 0.25) is 0 Å².